The Morgan fingerprint density at radius 3 is 2.71 bits per heavy atom. The molecule has 0 N–H and O–H groups in total. The molecular weight excluding hydrogens is 286 g/mol. The maximum atomic E-state index is 12.1. The fourth-order valence-corrected chi connectivity index (χ4v) is 2.95. The molecule has 2 aromatic rings. The van der Waals surface area contributed by atoms with Crippen molar-refractivity contribution in [2.24, 2.45) is 0 Å². The standard InChI is InChI=1S/C15H21N3O2S/c1-6-11-7-12-13(16-8-17-14(12)21-11)18(5)10(4)15(19)20-9(2)3/h7-10H,6H2,1-5H3. The Kier molecular flexibility index (Phi) is 4.77. The zero-order valence-corrected chi connectivity index (χ0v) is 13.9. The molecule has 0 aromatic carbocycles. The van der Waals surface area contributed by atoms with E-state index in [1.165, 1.54) is 4.88 Å². The second-order valence-electron chi connectivity index (χ2n) is 5.25. The first-order valence-electron chi connectivity index (χ1n) is 7.10. The van der Waals surface area contributed by atoms with E-state index in [4.69, 9.17) is 4.74 Å². The Morgan fingerprint density at radius 1 is 1.38 bits per heavy atom. The molecule has 0 saturated heterocycles. The molecule has 0 aliphatic heterocycles. The van der Waals surface area contributed by atoms with Gasteiger partial charge in [0.2, 0.25) is 0 Å². The zero-order chi connectivity index (χ0) is 15.6. The minimum atomic E-state index is -0.393. The van der Waals surface area contributed by atoms with E-state index in [1.54, 1.807) is 17.7 Å². The van der Waals surface area contributed by atoms with Crippen LogP contribution in [0.25, 0.3) is 10.2 Å². The Balaban J connectivity index is 2.32. The van der Waals surface area contributed by atoms with Gasteiger partial charge in [-0.25, -0.2) is 14.8 Å². The topological polar surface area (TPSA) is 55.3 Å². The predicted octanol–water partition coefficient (Wildman–Crippen LogP) is 3.03. The van der Waals surface area contributed by atoms with Gasteiger partial charge in [-0.15, -0.1) is 11.3 Å². The van der Waals surface area contributed by atoms with Crippen molar-refractivity contribution in [1.29, 1.82) is 0 Å². The van der Waals surface area contributed by atoms with E-state index in [1.807, 2.05) is 32.7 Å². The summed E-state index contributed by atoms with van der Waals surface area (Å²) in [6.07, 6.45) is 2.39. The molecule has 0 fully saturated rings. The normalized spacial score (nSPS) is 12.7. The molecule has 2 rings (SSSR count). The van der Waals surface area contributed by atoms with Crippen molar-refractivity contribution in [2.75, 3.05) is 11.9 Å². The molecule has 0 bridgehead atoms. The van der Waals surface area contributed by atoms with Crippen molar-refractivity contribution in [3.05, 3.63) is 17.3 Å². The molecular formula is C15H21N3O2S. The number of nitrogens with zero attached hydrogens (tertiary/aromatic N) is 3. The number of aromatic nitrogens is 2. The van der Waals surface area contributed by atoms with Crippen LogP contribution in [0.15, 0.2) is 12.4 Å². The highest BCUT2D eigenvalue weighted by atomic mass is 32.1. The van der Waals surface area contributed by atoms with Gasteiger partial charge in [0, 0.05) is 11.9 Å². The number of carbonyl (C=O) groups excluding carboxylic acids is 1. The first kappa shape index (κ1) is 15.7. The van der Waals surface area contributed by atoms with Gasteiger partial charge in [0.15, 0.2) is 0 Å². The fourth-order valence-electron chi connectivity index (χ4n) is 2.02. The van der Waals surface area contributed by atoms with Crippen LogP contribution in [-0.4, -0.2) is 35.1 Å². The number of anilines is 1. The summed E-state index contributed by atoms with van der Waals surface area (Å²) in [4.78, 5) is 24.8. The highest BCUT2D eigenvalue weighted by molar-refractivity contribution is 7.18. The van der Waals surface area contributed by atoms with Crippen LogP contribution in [0.2, 0.25) is 0 Å². The number of carbonyl (C=O) groups is 1. The van der Waals surface area contributed by atoms with Gasteiger partial charge < -0.3 is 9.64 Å². The molecule has 0 saturated carbocycles. The second kappa shape index (κ2) is 6.39. The van der Waals surface area contributed by atoms with Gasteiger partial charge in [-0.3, -0.25) is 0 Å². The molecule has 0 spiro atoms. The molecule has 1 unspecified atom stereocenters. The van der Waals surface area contributed by atoms with Crippen LogP contribution in [-0.2, 0) is 16.0 Å². The summed E-state index contributed by atoms with van der Waals surface area (Å²) in [7, 11) is 1.86. The molecule has 114 valence electrons. The van der Waals surface area contributed by atoms with Gasteiger partial charge in [-0.1, -0.05) is 6.92 Å². The first-order valence-corrected chi connectivity index (χ1v) is 7.92. The van der Waals surface area contributed by atoms with Gasteiger partial charge in [0.05, 0.1) is 11.5 Å². The van der Waals surface area contributed by atoms with E-state index in [0.29, 0.717) is 0 Å². The van der Waals surface area contributed by atoms with Crippen molar-refractivity contribution >= 4 is 33.3 Å². The number of fused-ring (bicyclic) bond motifs is 1. The van der Waals surface area contributed by atoms with Crippen molar-refractivity contribution in [1.82, 2.24) is 9.97 Å². The van der Waals surface area contributed by atoms with Crippen LogP contribution < -0.4 is 4.90 Å². The van der Waals surface area contributed by atoms with Crippen molar-refractivity contribution in [3.63, 3.8) is 0 Å². The number of likely N-dealkylation sites (N-methyl/N-ethyl adjacent to an activating group) is 1. The Labute approximate surface area is 129 Å². The van der Waals surface area contributed by atoms with Crippen LogP contribution in [0, 0.1) is 0 Å². The monoisotopic (exact) mass is 307 g/mol. The lowest BCUT2D eigenvalue weighted by atomic mass is 10.2. The van der Waals surface area contributed by atoms with Crippen molar-refractivity contribution in [2.45, 2.75) is 46.3 Å². The summed E-state index contributed by atoms with van der Waals surface area (Å²) in [6.45, 7) is 7.63. The molecule has 2 aromatic heterocycles. The van der Waals surface area contributed by atoms with Gasteiger partial charge in [0.25, 0.3) is 0 Å². The van der Waals surface area contributed by atoms with Crippen molar-refractivity contribution < 1.29 is 9.53 Å². The molecule has 5 nitrogen and oxygen atoms in total. The van der Waals surface area contributed by atoms with Crippen LogP contribution in [0.5, 0.6) is 0 Å². The molecule has 0 aliphatic carbocycles. The number of thiophene rings is 1. The average molecular weight is 307 g/mol. The minimum absolute atomic E-state index is 0.119. The molecule has 6 heteroatoms. The summed E-state index contributed by atoms with van der Waals surface area (Å²) in [5.41, 5.74) is 0. The predicted molar refractivity (Wildman–Crippen MR) is 85.9 cm³/mol. The SMILES string of the molecule is CCc1cc2c(N(C)C(C)C(=O)OC(C)C)ncnc2s1. The summed E-state index contributed by atoms with van der Waals surface area (Å²) >= 11 is 1.67. The number of esters is 1. The number of hydrogen-bond donors (Lipinski definition) is 0. The van der Waals surface area contributed by atoms with Crippen LogP contribution in [0.4, 0.5) is 5.82 Å². The third-order valence-electron chi connectivity index (χ3n) is 3.32. The molecule has 21 heavy (non-hydrogen) atoms. The Morgan fingerprint density at radius 2 is 2.10 bits per heavy atom. The highest BCUT2D eigenvalue weighted by Gasteiger charge is 2.23. The van der Waals surface area contributed by atoms with Gasteiger partial charge in [-0.05, 0) is 33.3 Å². The molecule has 0 aliphatic rings. The minimum Gasteiger partial charge on any atom is -0.461 e. The molecule has 1 atom stereocenters. The van der Waals surface area contributed by atoms with Gasteiger partial charge in [0.1, 0.15) is 23.0 Å². The third kappa shape index (κ3) is 3.32. The smallest absolute Gasteiger partial charge is 0.328 e. The van der Waals surface area contributed by atoms with Crippen molar-refractivity contribution in [3.8, 4) is 0 Å². The maximum absolute atomic E-state index is 12.1. The number of ether oxygens (including phenoxy) is 1. The lowest BCUT2D eigenvalue weighted by molar-refractivity contribution is -0.148. The fraction of sp³-hybridized carbons (Fsp3) is 0.533. The number of rotatable bonds is 5. The second-order valence-corrected chi connectivity index (χ2v) is 6.37. The Bertz CT molecular complexity index is 639. The van der Waals surface area contributed by atoms with Crippen LogP contribution >= 0.6 is 11.3 Å². The first-order chi connectivity index (χ1) is 9.93. The average Bonchev–Trinajstić information content (AvgIpc) is 2.87. The maximum Gasteiger partial charge on any atom is 0.328 e. The van der Waals surface area contributed by atoms with E-state index < -0.39 is 6.04 Å². The number of hydrogen-bond acceptors (Lipinski definition) is 6. The van der Waals surface area contributed by atoms with E-state index >= 15 is 0 Å². The van der Waals surface area contributed by atoms with E-state index in [0.717, 1.165) is 22.5 Å². The largest absolute Gasteiger partial charge is 0.461 e. The summed E-state index contributed by atoms with van der Waals surface area (Å²) < 4.78 is 5.27. The highest BCUT2D eigenvalue weighted by Crippen LogP contribution is 2.30. The molecule has 0 radical (unpaired) electrons. The summed E-state index contributed by atoms with van der Waals surface area (Å²) in [6, 6.07) is 1.71. The van der Waals surface area contributed by atoms with E-state index in [-0.39, 0.29) is 12.1 Å². The Hall–Kier alpha value is -1.69. The van der Waals surface area contributed by atoms with Gasteiger partial charge >= 0.3 is 5.97 Å². The van der Waals surface area contributed by atoms with E-state index in [2.05, 4.69) is 23.0 Å². The lowest BCUT2D eigenvalue weighted by Gasteiger charge is -2.25. The zero-order valence-electron chi connectivity index (χ0n) is 13.1. The summed E-state index contributed by atoms with van der Waals surface area (Å²) in [5.74, 6) is 0.523. The van der Waals surface area contributed by atoms with Crippen LogP contribution in [0.3, 0.4) is 0 Å². The third-order valence-corrected chi connectivity index (χ3v) is 4.50. The lowest BCUT2D eigenvalue weighted by Crippen LogP contribution is -2.38. The molecule has 0 amide bonds. The quantitative estimate of drug-likeness (QED) is 0.795. The number of aryl methyl sites for hydroxylation is 1. The van der Waals surface area contributed by atoms with E-state index in [9.17, 15) is 4.79 Å². The van der Waals surface area contributed by atoms with Gasteiger partial charge in [-0.2, -0.15) is 0 Å². The van der Waals surface area contributed by atoms with Crippen LogP contribution in [0.1, 0.15) is 32.6 Å². The summed E-state index contributed by atoms with van der Waals surface area (Å²) in [5, 5.41) is 0.992. The molecule has 2 heterocycles.